The molecule has 0 aliphatic carbocycles. The highest BCUT2D eigenvalue weighted by Crippen LogP contribution is 2.16. The fourth-order valence-electron chi connectivity index (χ4n) is 3.01. The van der Waals surface area contributed by atoms with Gasteiger partial charge in [0, 0.05) is 26.7 Å². The van der Waals surface area contributed by atoms with Crippen molar-refractivity contribution in [2.24, 2.45) is 13.0 Å². The Balaban J connectivity index is 1.76. The standard InChI is InChI=1S/C18H30N4O3/c1-4-6-10-25-18(24)22-9-8-14(13-22)12-19-17(23)16-11-15(7-5-2)20-21(16)3/h11,14H,4-10,12-13H2,1-3H3,(H,19,23). The summed E-state index contributed by atoms with van der Waals surface area (Å²) in [5.41, 5.74) is 1.52. The molecule has 1 unspecified atom stereocenters. The molecule has 2 rings (SSSR count). The number of aromatic nitrogens is 2. The Morgan fingerprint density at radius 3 is 2.88 bits per heavy atom. The van der Waals surface area contributed by atoms with E-state index >= 15 is 0 Å². The zero-order valence-corrected chi connectivity index (χ0v) is 15.6. The van der Waals surface area contributed by atoms with Gasteiger partial charge in [-0.25, -0.2) is 4.79 Å². The van der Waals surface area contributed by atoms with Gasteiger partial charge in [-0.3, -0.25) is 9.48 Å². The largest absolute Gasteiger partial charge is 0.449 e. The number of ether oxygens (including phenoxy) is 1. The average molecular weight is 350 g/mol. The molecule has 1 aliphatic rings. The Bertz CT molecular complexity index is 585. The summed E-state index contributed by atoms with van der Waals surface area (Å²) in [7, 11) is 1.79. The zero-order chi connectivity index (χ0) is 18.2. The summed E-state index contributed by atoms with van der Waals surface area (Å²) in [6.07, 6.45) is 4.43. The quantitative estimate of drug-likeness (QED) is 0.730. The summed E-state index contributed by atoms with van der Waals surface area (Å²) < 4.78 is 6.87. The molecule has 140 valence electrons. The molecule has 1 saturated heterocycles. The second kappa shape index (κ2) is 9.44. The predicted molar refractivity (Wildman–Crippen MR) is 95.5 cm³/mol. The van der Waals surface area contributed by atoms with E-state index in [1.807, 2.05) is 6.07 Å². The van der Waals surface area contributed by atoms with Crippen LogP contribution in [-0.2, 0) is 18.2 Å². The molecule has 0 spiro atoms. The topological polar surface area (TPSA) is 76.5 Å². The van der Waals surface area contributed by atoms with Crippen molar-refractivity contribution < 1.29 is 14.3 Å². The summed E-state index contributed by atoms with van der Waals surface area (Å²) in [6, 6.07) is 1.85. The van der Waals surface area contributed by atoms with Crippen LogP contribution in [0, 0.1) is 5.92 Å². The van der Waals surface area contributed by atoms with Gasteiger partial charge < -0.3 is 15.0 Å². The monoisotopic (exact) mass is 350 g/mol. The van der Waals surface area contributed by atoms with Crippen molar-refractivity contribution >= 4 is 12.0 Å². The van der Waals surface area contributed by atoms with Crippen molar-refractivity contribution in [2.75, 3.05) is 26.2 Å². The number of hydrogen-bond donors (Lipinski definition) is 1. The minimum atomic E-state index is -0.238. The Hall–Kier alpha value is -2.05. The van der Waals surface area contributed by atoms with E-state index in [9.17, 15) is 9.59 Å². The van der Waals surface area contributed by atoms with Crippen LogP contribution in [0.2, 0.25) is 0 Å². The maximum Gasteiger partial charge on any atom is 0.409 e. The molecule has 25 heavy (non-hydrogen) atoms. The average Bonchev–Trinajstić information content (AvgIpc) is 3.20. The second-order valence-corrected chi connectivity index (χ2v) is 6.67. The van der Waals surface area contributed by atoms with Crippen LogP contribution in [0.1, 0.15) is 55.7 Å². The molecule has 2 amide bonds. The number of unbranched alkanes of at least 4 members (excludes halogenated alkanes) is 1. The molecule has 7 nitrogen and oxygen atoms in total. The molecular weight excluding hydrogens is 320 g/mol. The molecule has 1 atom stereocenters. The number of carbonyl (C=O) groups is 2. The fourth-order valence-corrected chi connectivity index (χ4v) is 3.01. The van der Waals surface area contributed by atoms with Crippen LogP contribution in [0.3, 0.4) is 0 Å². The lowest BCUT2D eigenvalue weighted by atomic mass is 10.1. The number of nitrogens with one attached hydrogen (secondary N) is 1. The third kappa shape index (κ3) is 5.47. The second-order valence-electron chi connectivity index (χ2n) is 6.67. The van der Waals surface area contributed by atoms with Crippen LogP contribution in [0.15, 0.2) is 6.07 Å². The van der Waals surface area contributed by atoms with E-state index in [-0.39, 0.29) is 17.9 Å². The number of aryl methyl sites for hydroxylation is 2. The molecule has 0 aromatic carbocycles. The Kier molecular flexibility index (Phi) is 7.28. The maximum atomic E-state index is 12.4. The number of rotatable bonds is 8. The lowest BCUT2D eigenvalue weighted by Gasteiger charge is -2.16. The summed E-state index contributed by atoms with van der Waals surface area (Å²) in [4.78, 5) is 26.0. The highest BCUT2D eigenvalue weighted by molar-refractivity contribution is 5.92. The molecule has 1 fully saturated rings. The SMILES string of the molecule is CCCCOC(=O)N1CCC(CNC(=O)c2cc(CCC)nn2C)C1. The number of likely N-dealkylation sites (tertiary alicyclic amines) is 1. The lowest BCUT2D eigenvalue weighted by molar-refractivity contribution is 0.0937. The van der Waals surface area contributed by atoms with Gasteiger partial charge in [-0.2, -0.15) is 5.10 Å². The number of amides is 2. The Morgan fingerprint density at radius 2 is 2.16 bits per heavy atom. The van der Waals surface area contributed by atoms with E-state index in [1.54, 1.807) is 16.6 Å². The Morgan fingerprint density at radius 1 is 1.36 bits per heavy atom. The van der Waals surface area contributed by atoms with E-state index in [0.717, 1.165) is 37.8 Å². The predicted octanol–water partition coefficient (Wildman–Crippen LogP) is 2.36. The van der Waals surface area contributed by atoms with E-state index in [4.69, 9.17) is 4.74 Å². The fraction of sp³-hybridized carbons (Fsp3) is 0.722. The van der Waals surface area contributed by atoms with Crippen molar-refractivity contribution in [1.82, 2.24) is 20.0 Å². The number of hydrogen-bond acceptors (Lipinski definition) is 4. The molecule has 1 N–H and O–H groups in total. The third-order valence-electron chi connectivity index (χ3n) is 4.49. The highest BCUT2D eigenvalue weighted by atomic mass is 16.6. The van der Waals surface area contributed by atoms with Gasteiger partial charge in [-0.05, 0) is 31.2 Å². The summed E-state index contributed by atoms with van der Waals surface area (Å²) in [5, 5.41) is 7.33. The van der Waals surface area contributed by atoms with Gasteiger partial charge in [-0.1, -0.05) is 26.7 Å². The Labute approximate surface area is 149 Å². The van der Waals surface area contributed by atoms with Gasteiger partial charge in [0.1, 0.15) is 5.69 Å². The minimum Gasteiger partial charge on any atom is -0.449 e. The van der Waals surface area contributed by atoms with Crippen LogP contribution < -0.4 is 5.32 Å². The van der Waals surface area contributed by atoms with E-state index in [0.29, 0.717) is 31.9 Å². The summed E-state index contributed by atoms with van der Waals surface area (Å²) >= 11 is 0. The first kappa shape index (κ1) is 19.3. The molecule has 7 heteroatoms. The van der Waals surface area contributed by atoms with Crippen LogP contribution >= 0.6 is 0 Å². The van der Waals surface area contributed by atoms with Gasteiger partial charge in [0.15, 0.2) is 0 Å². The normalized spacial score (nSPS) is 16.9. The van der Waals surface area contributed by atoms with Gasteiger partial charge in [0.25, 0.3) is 5.91 Å². The minimum absolute atomic E-state index is 0.110. The number of carbonyl (C=O) groups excluding carboxylic acids is 2. The number of nitrogens with zero attached hydrogens (tertiary/aromatic N) is 3. The van der Waals surface area contributed by atoms with Crippen LogP contribution in [-0.4, -0.2) is 52.9 Å². The first-order chi connectivity index (χ1) is 12.0. The van der Waals surface area contributed by atoms with Crippen LogP contribution in [0.4, 0.5) is 4.79 Å². The molecular formula is C18H30N4O3. The van der Waals surface area contributed by atoms with Crippen molar-refractivity contribution in [2.45, 2.75) is 46.0 Å². The van der Waals surface area contributed by atoms with Gasteiger partial charge in [0.05, 0.1) is 12.3 Å². The molecule has 1 aromatic rings. The highest BCUT2D eigenvalue weighted by Gasteiger charge is 2.27. The van der Waals surface area contributed by atoms with Crippen LogP contribution in [0.5, 0.6) is 0 Å². The molecule has 1 aliphatic heterocycles. The van der Waals surface area contributed by atoms with E-state index in [2.05, 4.69) is 24.3 Å². The van der Waals surface area contributed by atoms with E-state index in [1.165, 1.54) is 0 Å². The molecule has 2 heterocycles. The maximum absolute atomic E-state index is 12.4. The zero-order valence-electron chi connectivity index (χ0n) is 15.6. The summed E-state index contributed by atoms with van der Waals surface area (Å²) in [5.74, 6) is 0.160. The van der Waals surface area contributed by atoms with Crippen LogP contribution in [0.25, 0.3) is 0 Å². The van der Waals surface area contributed by atoms with Crippen molar-refractivity contribution in [3.8, 4) is 0 Å². The first-order valence-electron chi connectivity index (χ1n) is 9.27. The molecule has 1 aromatic heterocycles. The summed E-state index contributed by atoms with van der Waals surface area (Å²) in [6.45, 7) is 6.53. The smallest absolute Gasteiger partial charge is 0.409 e. The van der Waals surface area contributed by atoms with Crippen molar-refractivity contribution in [3.63, 3.8) is 0 Å². The van der Waals surface area contributed by atoms with Crippen molar-refractivity contribution in [1.29, 1.82) is 0 Å². The third-order valence-corrected chi connectivity index (χ3v) is 4.49. The first-order valence-corrected chi connectivity index (χ1v) is 9.27. The molecule has 0 bridgehead atoms. The van der Waals surface area contributed by atoms with Crippen molar-refractivity contribution in [3.05, 3.63) is 17.5 Å². The molecule has 0 saturated carbocycles. The van der Waals surface area contributed by atoms with Gasteiger partial charge in [-0.15, -0.1) is 0 Å². The van der Waals surface area contributed by atoms with Gasteiger partial charge in [0.2, 0.25) is 0 Å². The molecule has 0 radical (unpaired) electrons. The van der Waals surface area contributed by atoms with E-state index < -0.39 is 0 Å². The lowest BCUT2D eigenvalue weighted by Crippen LogP contribution is -2.34. The van der Waals surface area contributed by atoms with Gasteiger partial charge >= 0.3 is 6.09 Å².